The summed E-state index contributed by atoms with van der Waals surface area (Å²) >= 11 is 16.1. The minimum atomic E-state index is 0.271. The van der Waals surface area contributed by atoms with E-state index in [1.54, 1.807) is 19.2 Å². The van der Waals surface area contributed by atoms with E-state index < -0.39 is 0 Å². The van der Waals surface area contributed by atoms with Gasteiger partial charge in [0.25, 0.3) is 0 Å². The normalized spacial score (nSPS) is 16.9. The number of halogens is 3. The van der Waals surface area contributed by atoms with Crippen molar-refractivity contribution in [3.63, 3.8) is 0 Å². The second-order valence-corrected chi connectivity index (χ2v) is 8.81. The molecule has 1 aliphatic rings. The zero-order chi connectivity index (χ0) is 20.8. The molecule has 0 aromatic heterocycles. The van der Waals surface area contributed by atoms with Crippen LogP contribution in [0.5, 0.6) is 11.5 Å². The first-order valence-corrected chi connectivity index (χ1v) is 11.4. The van der Waals surface area contributed by atoms with Crippen LogP contribution in [0.15, 0.2) is 34.8 Å². The molecule has 0 radical (unpaired) electrons. The van der Waals surface area contributed by atoms with E-state index in [4.69, 9.17) is 32.7 Å². The Bertz CT molecular complexity index is 814. The molecule has 2 aromatic carbocycles. The fourth-order valence-corrected chi connectivity index (χ4v) is 4.69. The SMILES string of the molecule is CCN1CCCC1CNCc1cc(OC)c(OCc2c(Cl)cccc2Cl)cc1Br. The Morgan fingerprint density at radius 1 is 1.21 bits per heavy atom. The molecule has 0 aliphatic carbocycles. The summed E-state index contributed by atoms with van der Waals surface area (Å²) in [7, 11) is 1.65. The number of nitrogens with one attached hydrogen (secondary N) is 1. The third-order valence-electron chi connectivity index (χ3n) is 5.37. The Hall–Kier alpha value is -0.980. The highest BCUT2D eigenvalue weighted by molar-refractivity contribution is 9.10. The predicted octanol–water partition coefficient (Wildman–Crippen LogP) is 5.92. The molecular weight excluding hydrogens is 475 g/mol. The van der Waals surface area contributed by atoms with Gasteiger partial charge in [-0.1, -0.05) is 52.1 Å². The summed E-state index contributed by atoms with van der Waals surface area (Å²) in [6.45, 7) is 6.59. The molecule has 1 fully saturated rings. The van der Waals surface area contributed by atoms with E-state index in [-0.39, 0.29) is 6.61 Å². The molecule has 29 heavy (non-hydrogen) atoms. The summed E-state index contributed by atoms with van der Waals surface area (Å²) in [5.41, 5.74) is 1.89. The summed E-state index contributed by atoms with van der Waals surface area (Å²) < 4.78 is 12.5. The minimum absolute atomic E-state index is 0.271. The molecule has 2 aromatic rings. The second-order valence-electron chi connectivity index (χ2n) is 7.14. The van der Waals surface area contributed by atoms with Gasteiger partial charge in [-0.25, -0.2) is 0 Å². The summed E-state index contributed by atoms with van der Waals surface area (Å²) in [4.78, 5) is 2.54. The van der Waals surface area contributed by atoms with Crippen LogP contribution in [-0.2, 0) is 13.2 Å². The van der Waals surface area contributed by atoms with Crippen molar-refractivity contribution in [3.8, 4) is 11.5 Å². The van der Waals surface area contributed by atoms with E-state index in [1.807, 2.05) is 18.2 Å². The molecule has 0 spiro atoms. The third-order valence-corrected chi connectivity index (χ3v) is 6.81. The van der Waals surface area contributed by atoms with Crippen molar-refractivity contribution in [3.05, 3.63) is 56.0 Å². The highest BCUT2D eigenvalue weighted by Gasteiger charge is 2.22. The average molecular weight is 502 g/mol. The third kappa shape index (κ3) is 5.80. The summed E-state index contributed by atoms with van der Waals surface area (Å²) in [5.74, 6) is 1.33. The lowest BCUT2D eigenvalue weighted by Crippen LogP contribution is -2.37. The van der Waals surface area contributed by atoms with Crippen LogP contribution in [0.1, 0.15) is 30.9 Å². The number of hydrogen-bond acceptors (Lipinski definition) is 4. The molecule has 1 N–H and O–H groups in total. The van der Waals surface area contributed by atoms with Crippen LogP contribution in [0.25, 0.3) is 0 Å². The van der Waals surface area contributed by atoms with Crippen molar-refractivity contribution in [1.29, 1.82) is 0 Å². The Balaban J connectivity index is 1.64. The fourth-order valence-electron chi connectivity index (χ4n) is 3.72. The lowest BCUT2D eigenvalue weighted by Gasteiger charge is -2.23. The van der Waals surface area contributed by atoms with Gasteiger partial charge in [-0.05, 0) is 55.8 Å². The number of hydrogen-bond donors (Lipinski definition) is 1. The van der Waals surface area contributed by atoms with Crippen LogP contribution in [0.4, 0.5) is 0 Å². The van der Waals surface area contributed by atoms with Crippen LogP contribution in [-0.4, -0.2) is 37.7 Å². The first kappa shape index (κ1) is 22.7. The van der Waals surface area contributed by atoms with E-state index in [2.05, 4.69) is 33.1 Å². The van der Waals surface area contributed by atoms with Gasteiger partial charge in [0.1, 0.15) is 6.61 Å². The number of benzene rings is 2. The molecule has 1 saturated heterocycles. The van der Waals surface area contributed by atoms with Gasteiger partial charge in [0.15, 0.2) is 11.5 Å². The van der Waals surface area contributed by atoms with Crippen LogP contribution in [0.3, 0.4) is 0 Å². The molecular formula is C22H27BrCl2N2O2. The second kappa shape index (κ2) is 10.9. The van der Waals surface area contributed by atoms with Gasteiger partial charge < -0.3 is 14.8 Å². The van der Waals surface area contributed by atoms with Crippen LogP contribution in [0, 0.1) is 0 Å². The quantitative estimate of drug-likeness (QED) is 0.462. The van der Waals surface area contributed by atoms with Gasteiger partial charge in [-0.15, -0.1) is 0 Å². The molecule has 0 bridgehead atoms. The number of nitrogens with zero attached hydrogens (tertiary/aromatic N) is 1. The molecule has 1 aliphatic heterocycles. The van der Waals surface area contributed by atoms with Gasteiger partial charge in [-0.2, -0.15) is 0 Å². The molecule has 0 amide bonds. The number of ether oxygens (including phenoxy) is 2. The van der Waals surface area contributed by atoms with Gasteiger partial charge in [0.2, 0.25) is 0 Å². The molecule has 0 saturated carbocycles. The molecule has 1 atom stereocenters. The lowest BCUT2D eigenvalue weighted by atomic mass is 10.1. The van der Waals surface area contributed by atoms with Crippen LogP contribution in [0.2, 0.25) is 10.0 Å². The maximum absolute atomic E-state index is 6.24. The van der Waals surface area contributed by atoms with Crippen molar-refractivity contribution in [2.45, 2.75) is 39.0 Å². The Kier molecular flexibility index (Phi) is 8.51. The minimum Gasteiger partial charge on any atom is -0.493 e. The van der Waals surface area contributed by atoms with E-state index in [1.165, 1.54) is 19.4 Å². The average Bonchev–Trinajstić information content (AvgIpc) is 3.16. The largest absolute Gasteiger partial charge is 0.493 e. The fraction of sp³-hybridized carbons (Fsp3) is 0.455. The number of rotatable bonds is 9. The van der Waals surface area contributed by atoms with Gasteiger partial charge in [-0.3, -0.25) is 4.90 Å². The zero-order valence-corrected chi connectivity index (χ0v) is 19.9. The van der Waals surface area contributed by atoms with Crippen LogP contribution < -0.4 is 14.8 Å². The molecule has 3 rings (SSSR count). The van der Waals surface area contributed by atoms with Crippen LogP contribution >= 0.6 is 39.1 Å². The number of likely N-dealkylation sites (tertiary alicyclic amines) is 1. The van der Waals surface area contributed by atoms with E-state index >= 15 is 0 Å². The topological polar surface area (TPSA) is 33.7 Å². The lowest BCUT2D eigenvalue weighted by molar-refractivity contribution is 0.259. The summed E-state index contributed by atoms with van der Waals surface area (Å²) in [6, 6.07) is 10.00. The van der Waals surface area contributed by atoms with E-state index in [0.29, 0.717) is 27.6 Å². The van der Waals surface area contributed by atoms with Crippen molar-refractivity contribution in [2.75, 3.05) is 26.7 Å². The van der Waals surface area contributed by atoms with Gasteiger partial charge in [0.05, 0.1) is 7.11 Å². The van der Waals surface area contributed by atoms with Gasteiger partial charge in [0, 0.05) is 39.2 Å². The first-order chi connectivity index (χ1) is 14.0. The van der Waals surface area contributed by atoms with Crippen molar-refractivity contribution >= 4 is 39.1 Å². The molecule has 4 nitrogen and oxygen atoms in total. The van der Waals surface area contributed by atoms with E-state index in [0.717, 1.165) is 35.2 Å². The maximum atomic E-state index is 6.24. The monoisotopic (exact) mass is 500 g/mol. The Morgan fingerprint density at radius 2 is 1.97 bits per heavy atom. The zero-order valence-electron chi connectivity index (χ0n) is 16.8. The summed E-state index contributed by atoms with van der Waals surface area (Å²) in [5, 5.41) is 4.76. The van der Waals surface area contributed by atoms with E-state index in [9.17, 15) is 0 Å². The van der Waals surface area contributed by atoms with Crippen molar-refractivity contribution in [2.24, 2.45) is 0 Å². The maximum Gasteiger partial charge on any atom is 0.162 e. The number of methoxy groups -OCH3 is 1. The van der Waals surface area contributed by atoms with Gasteiger partial charge >= 0.3 is 0 Å². The first-order valence-electron chi connectivity index (χ1n) is 9.90. The smallest absolute Gasteiger partial charge is 0.162 e. The molecule has 7 heteroatoms. The van der Waals surface area contributed by atoms with Crippen molar-refractivity contribution < 1.29 is 9.47 Å². The van der Waals surface area contributed by atoms with Crippen molar-refractivity contribution in [1.82, 2.24) is 10.2 Å². The highest BCUT2D eigenvalue weighted by Crippen LogP contribution is 2.35. The predicted molar refractivity (Wildman–Crippen MR) is 123 cm³/mol. The Labute approximate surface area is 191 Å². The standard InChI is InChI=1S/C22H27BrCl2N2O2/c1-3-27-9-5-6-16(27)13-26-12-15-10-21(28-2)22(11-18(15)23)29-14-17-19(24)7-4-8-20(17)25/h4,7-8,10-11,16,26H,3,5-6,9,12-14H2,1-2H3. The summed E-state index contributed by atoms with van der Waals surface area (Å²) in [6.07, 6.45) is 2.56. The number of likely N-dealkylation sites (N-methyl/N-ethyl adjacent to an activating group) is 1. The molecule has 1 unspecified atom stereocenters. The molecule has 158 valence electrons. The Morgan fingerprint density at radius 3 is 2.66 bits per heavy atom. The molecule has 1 heterocycles. The highest BCUT2D eigenvalue weighted by atomic mass is 79.9.